The Morgan fingerprint density at radius 3 is 2.57 bits per heavy atom. The molecule has 0 atom stereocenters. The van der Waals surface area contributed by atoms with E-state index in [0.717, 1.165) is 43.8 Å². The molecule has 116 valence electrons. The van der Waals surface area contributed by atoms with E-state index < -0.39 is 0 Å². The van der Waals surface area contributed by atoms with Crippen molar-refractivity contribution in [2.75, 3.05) is 34.4 Å². The normalized spacial score (nSPS) is 23.9. The van der Waals surface area contributed by atoms with Crippen molar-refractivity contribution in [3.8, 4) is 0 Å². The molecule has 1 fully saturated rings. The highest BCUT2D eigenvalue weighted by Gasteiger charge is 2.31. The predicted octanol–water partition coefficient (Wildman–Crippen LogP) is 1.50. The van der Waals surface area contributed by atoms with E-state index in [1.165, 1.54) is 0 Å². The number of hydrogen-bond donors (Lipinski definition) is 1. The first-order chi connectivity index (χ1) is 10.0. The van der Waals surface area contributed by atoms with Crippen molar-refractivity contribution in [2.24, 2.45) is 16.6 Å². The summed E-state index contributed by atoms with van der Waals surface area (Å²) in [5.74, 6) is 0.319. The number of carbonyl (C=O) groups excluding carboxylic acids is 1. The van der Waals surface area contributed by atoms with Gasteiger partial charge in [0.15, 0.2) is 5.78 Å². The third-order valence-electron chi connectivity index (χ3n) is 4.02. The molecule has 0 bridgehead atoms. The van der Waals surface area contributed by atoms with Crippen LogP contribution in [0.15, 0.2) is 28.0 Å². The molecule has 1 aliphatic carbocycles. The third-order valence-corrected chi connectivity index (χ3v) is 4.02. The van der Waals surface area contributed by atoms with E-state index in [1.54, 1.807) is 7.05 Å². The number of ether oxygens (including phenoxy) is 1. The quantitative estimate of drug-likeness (QED) is 0.632. The monoisotopic (exact) mass is 291 g/mol. The second-order valence-corrected chi connectivity index (χ2v) is 5.84. The number of nitrogens with two attached hydrogens (primary N) is 1. The Bertz CT molecular complexity index is 498. The summed E-state index contributed by atoms with van der Waals surface area (Å²) in [5.41, 5.74) is 9.16. The molecule has 0 spiro atoms. The van der Waals surface area contributed by atoms with Gasteiger partial charge in [-0.2, -0.15) is 0 Å². The summed E-state index contributed by atoms with van der Waals surface area (Å²) in [4.78, 5) is 19.1. The number of nitrogens with zero attached hydrogens (tertiary/aromatic N) is 2. The van der Waals surface area contributed by atoms with Gasteiger partial charge < -0.3 is 15.4 Å². The fraction of sp³-hybridized carbons (Fsp3) is 0.625. The first-order valence-electron chi connectivity index (χ1n) is 7.49. The lowest BCUT2D eigenvalue weighted by molar-refractivity contribution is -0.112. The largest absolute Gasteiger partial charge is 0.401 e. The van der Waals surface area contributed by atoms with Crippen molar-refractivity contribution in [2.45, 2.75) is 25.7 Å². The van der Waals surface area contributed by atoms with Crippen molar-refractivity contribution in [1.82, 2.24) is 4.90 Å². The average molecular weight is 291 g/mol. The van der Waals surface area contributed by atoms with Crippen LogP contribution in [0.3, 0.4) is 0 Å². The number of aliphatic imine (C=N–C) groups is 1. The molecule has 1 aliphatic heterocycles. The van der Waals surface area contributed by atoms with Gasteiger partial charge in [0.1, 0.15) is 0 Å². The van der Waals surface area contributed by atoms with Gasteiger partial charge in [0.25, 0.3) is 0 Å². The minimum atomic E-state index is 0.0412. The SMILES string of the molecule is CN=C(C1=C(N)CC/C(=C\N(C)C)C1=O)C1CCOCC1. The molecule has 0 aromatic rings. The van der Waals surface area contributed by atoms with Gasteiger partial charge >= 0.3 is 0 Å². The highest BCUT2D eigenvalue weighted by Crippen LogP contribution is 2.29. The number of carbonyl (C=O) groups is 1. The molecule has 0 aromatic carbocycles. The Balaban J connectivity index is 2.32. The van der Waals surface area contributed by atoms with E-state index in [1.807, 2.05) is 25.2 Å². The van der Waals surface area contributed by atoms with Gasteiger partial charge in [0, 0.05) is 57.7 Å². The summed E-state index contributed by atoms with van der Waals surface area (Å²) in [6.45, 7) is 1.46. The molecular formula is C16H25N3O2. The molecule has 5 nitrogen and oxygen atoms in total. The zero-order chi connectivity index (χ0) is 15.4. The Morgan fingerprint density at radius 1 is 1.33 bits per heavy atom. The van der Waals surface area contributed by atoms with Crippen LogP contribution in [0.5, 0.6) is 0 Å². The summed E-state index contributed by atoms with van der Waals surface area (Å²) in [7, 11) is 5.60. The minimum Gasteiger partial charge on any atom is -0.401 e. The fourth-order valence-electron chi connectivity index (χ4n) is 3.00. The van der Waals surface area contributed by atoms with Crippen LogP contribution >= 0.6 is 0 Å². The predicted molar refractivity (Wildman–Crippen MR) is 84.1 cm³/mol. The van der Waals surface area contributed by atoms with Gasteiger partial charge in [0.05, 0.1) is 11.3 Å². The Kier molecular flexibility index (Phi) is 5.17. The fourth-order valence-corrected chi connectivity index (χ4v) is 3.00. The van der Waals surface area contributed by atoms with Crippen LogP contribution in [0.25, 0.3) is 0 Å². The van der Waals surface area contributed by atoms with Gasteiger partial charge in [-0.1, -0.05) is 0 Å². The third kappa shape index (κ3) is 3.53. The summed E-state index contributed by atoms with van der Waals surface area (Å²) < 4.78 is 5.40. The molecule has 0 aromatic heterocycles. The van der Waals surface area contributed by atoms with E-state index in [9.17, 15) is 4.79 Å². The van der Waals surface area contributed by atoms with Crippen LogP contribution in [0.4, 0.5) is 0 Å². The lowest BCUT2D eigenvalue weighted by Crippen LogP contribution is -2.32. The van der Waals surface area contributed by atoms with Crippen molar-refractivity contribution in [3.63, 3.8) is 0 Å². The van der Waals surface area contributed by atoms with Crippen LogP contribution in [-0.4, -0.2) is 50.8 Å². The van der Waals surface area contributed by atoms with E-state index in [-0.39, 0.29) is 11.7 Å². The average Bonchev–Trinajstić information content (AvgIpc) is 2.47. The lowest BCUT2D eigenvalue weighted by atomic mass is 9.81. The Hall–Kier alpha value is -1.62. The molecule has 0 amide bonds. The molecular weight excluding hydrogens is 266 g/mol. The molecule has 2 aliphatic rings. The number of Topliss-reactive ketones (excluding diaryl/α,β-unsaturated/α-hetero) is 1. The molecule has 1 saturated heterocycles. The summed E-state index contributed by atoms with van der Waals surface area (Å²) in [5, 5.41) is 0. The van der Waals surface area contributed by atoms with Crippen molar-refractivity contribution in [3.05, 3.63) is 23.0 Å². The van der Waals surface area contributed by atoms with Crippen molar-refractivity contribution in [1.29, 1.82) is 0 Å². The van der Waals surface area contributed by atoms with Gasteiger partial charge in [-0.05, 0) is 25.7 Å². The molecule has 1 heterocycles. The van der Waals surface area contributed by atoms with E-state index in [4.69, 9.17) is 10.5 Å². The molecule has 5 heteroatoms. The van der Waals surface area contributed by atoms with E-state index in [0.29, 0.717) is 17.7 Å². The number of allylic oxidation sites excluding steroid dienone is 3. The maximum atomic E-state index is 12.8. The summed E-state index contributed by atoms with van der Waals surface area (Å²) in [6, 6.07) is 0. The molecule has 2 rings (SSSR count). The van der Waals surface area contributed by atoms with Gasteiger partial charge in [-0.15, -0.1) is 0 Å². The maximum Gasteiger partial charge on any atom is 0.194 e. The lowest BCUT2D eigenvalue weighted by Gasteiger charge is -2.28. The number of rotatable bonds is 3. The van der Waals surface area contributed by atoms with Crippen molar-refractivity contribution >= 4 is 11.5 Å². The molecule has 0 unspecified atom stereocenters. The van der Waals surface area contributed by atoms with Crippen LogP contribution < -0.4 is 5.73 Å². The summed E-state index contributed by atoms with van der Waals surface area (Å²) in [6.07, 6.45) is 5.14. The van der Waals surface area contributed by atoms with Crippen LogP contribution in [-0.2, 0) is 9.53 Å². The molecule has 21 heavy (non-hydrogen) atoms. The van der Waals surface area contributed by atoms with Crippen LogP contribution in [0.2, 0.25) is 0 Å². The second-order valence-electron chi connectivity index (χ2n) is 5.84. The second kappa shape index (κ2) is 6.89. The van der Waals surface area contributed by atoms with Gasteiger partial charge in [-0.3, -0.25) is 9.79 Å². The van der Waals surface area contributed by atoms with E-state index >= 15 is 0 Å². The molecule has 0 saturated carbocycles. The highest BCUT2D eigenvalue weighted by atomic mass is 16.5. The number of ketones is 1. The minimum absolute atomic E-state index is 0.0412. The highest BCUT2D eigenvalue weighted by molar-refractivity contribution is 6.29. The van der Waals surface area contributed by atoms with E-state index in [2.05, 4.69) is 4.99 Å². The maximum absolute atomic E-state index is 12.8. The summed E-state index contributed by atoms with van der Waals surface area (Å²) >= 11 is 0. The topological polar surface area (TPSA) is 67.9 Å². The van der Waals surface area contributed by atoms with Crippen LogP contribution in [0, 0.1) is 5.92 Å². The van der Waals surface area contributed by atoms with Gasteiger partial charge in [0.2, 0.25) is 0 Å². The Labute approximate surface area is 126 Å². The molecule has 2 N–H and O–H groups in total. The van der Waals surface area contributed by atoms with Crippen LogP contribution in [0.1, 0.15) is 25.7 Å². The Morgan fingerprint density at radius 2 is 2.00 bits per heavy atom. The smallest absolute Gasteiger partial charge is 0.194 e. The standard InChI is InChI=1S/C16H25N3O2/c1-18-15(11-6-8-21-9-7-11)14-13(17)5-4-12(16(14)20)10-19(2)3/h10-11H,4-9,17H2,1-3H3/b12-10+,18-15?. The first kappa shape index (κ1) is 15.8. The van der Waals surface area contributed by atoms with Crippen molar-refractivity contribution < 1.29 is 9.53 Å². The van der Waals surface area contributed by atoms with Gasteiger partial charge in [-0.25, -0.2) is 0 Å². The zero-order valence-electron chi connectivity index (χ0n) is 13.2. The number of hydrogen-bond acceptors (Lipinski definition) is 5. The zero-order valence-corrected chi connectivity index (χ0v) is 13.2. The first-order valence-corrected chi connectivity index (χ1v) is 7.49. The molecule has 0 radical (unpaired) electrons.